The van der Waals surface area contributed by atoms with Crippen LogP contribution >= 0.6 is 11.6 Å². The van der Waals surface area contributed by atoms with Gasteiger partial charge in [0.05, 0.1) is 13.5 Å². The topological polar surface area (TPSA) is 61.2 Å². The van der Waals surface area contributed by atoms with Crippen molar-refractivity contribution in [3.8, 4) is 0 Å². The first kappa shape index (κ1) is 18.2. The number of nitrogens with zero attached hydrogens (tertiary/aromatic N) is 2. The Morgan fingerprint density at radius 1 is 1.29 bits per heavy atom. The SMILES string of the molecule is CCCCc1nc(Cl)c(C=O)n1Cc1ccc(CC(=O)OC)cc1. The average Bonchev–Trinajstić information content (AvgIpc) is 2.89. The fourth-order valence-corrected chi connectivity index (χ4v) is 2.72. The first-order valence-electron chi connectivity index (χ1n) is 7.93. The van der Waals surface area contributed by atoms with Gasteiger partial charge in [-0.2, -0.15) is 0 Å². The van der Waals surface area contributed by atoms with Crippen LogP contribution in [0.1, 0.15) is 47.2 Å². The predicted molar refractivity (Wildman–Crippen MR) is 92.5 cm³/mol. The highest BCUT2D eigenvalue weighted by molar-refractivity contribution is 6.31. The molecule has 2 aromatic rings. The van der Waals surface area contributed by atoms with E-state index in [4.69, 9.17) is 11.6 Å². The molecule has 0 aliphatic rings. The molecule has 128 valence electrons. The smallest absolute Gasteiger partial charge is 0.309 e. The lowest BCUT2D eigenvalue weighted by atomic mass is 10.1. The largest absolute Gasteiger partial charge is 0.469 e. The van der Waals surface area contributed by atoms with Gasteiger partial charge in [0.1, 0.15) is 11.5 Å². The van der Waals surface area contributed by atoms with E-state index < -0.39 is 0 Å². The monoisotopic (exact) mass is 348 g/mol. The second-order valence-corrected chi connectivity index (χ2v) is 5.94. The second-order valence-electron chi connectivity index (χ2n) is 5.58. The molecule has 1 heterocycles. The number of aryl methyl sites for hydroxylation is 1. The molecule has 0 unspecified atom stereocenters. The van der Waals surface area contributed by atoms with Crippen molar-refractivity contribution in [1.29, 1.82) is 0 Å². The second kappa shape index (κ2) is 8.64. The number of hydrogen-bond donors (Lipinski definition) is 0. The number of carbonyl (C=O) groups excluding carboxylic acids is 2. The zero-order valence-corrected chi connectivity index (χ0v) is 14.7. The van der Waals surface area contributed by atoms with Gasteiger partial charge in [-0.3, -0.25) is 9.59 Å². The zero-order valence-electron chi connectivity index (χ0n) is 13.9. The van der Waals surface area contributed by atoms with E-state index in [1.807, 2.05) is 28.8 Å². The minimum Gasteiger partial charge on any atom is -0.469 e. The number of rotatable bonds is 8. The molecule has 0 aliphatic heterocycles. The van der Waals surface area contributed by atoms with E-state index in [9.17, 15) is 9.59 Å². The maximum atomic E-state index is 11.3. The number of carbonyl (C=O) groups is 2. The highest BCUT2D eigenvalue weighted by Gasteiger charge is 2.15. The fourth-order valence-electron chi connectivity index (χ4n) is 2.48. The number of imidazole rings is 1. The Balaban J connectivity index is 2.20. The highest BCUT2D eigenvalue weighted by Crippen LogP contribution is 2.19. The number of aromatic nitrogens is 2. The molecule has 24 heavy (non-hydrogen) atoms. The van der Waals surface area contributed by atoms with E-state index in [0.29, 0.717) is 12.2 Å². The Bertz CT molecular complexity index is 708. The van der Waals surface area contributed by atoms with Gasteiger partial charge < -0.3 is 9.30 Å². The predicted octanol–water partition coefficient (Wildman–Crippen LogP) is 3.46. The molecule has 0 N–H and O–H groups in total. The number of aldehydes is 1. The molecule has 2 rings (SSSR count). The van der Waals surface area contributed by atoms with Gasteiger partial charge in [-0.25, -0.2) is 4.98 Å². The summed E-state index contributed by atoms with van der Waals surface area (Å²) in [5.74, 6) is 0.553. The Morgan fingerprint density at radius 3 is 2.54 bits per heavy atom. The maximum Gasteiger partial charge on any atom is 0.309 e. The van der Waals surface area contributed by atoms with Gasteiger partial charge in [-0.05, 0) is 17.5 Å². The van der Waals surface area contributed by atoms with Crippen molar-refractivity contribution in [3.63, 3.8) is 0 Å². The lowest BCUT2D eigenvalue weighted by Gasteiger charge is -2.10. The van der Waals surface area contributed by atoms with Crippen molar-refractivity contribution in [2.45, 2.75) is 39.2 Å². The van der Waals surface area contributed by atoms with Crippen molar-refractivity contribution in [2.75, 3.05) is 7.11 Å². The van der Waals surface area contributed by atoms with Crippen LogP contribution in [0.2, 0.25) is 5.15 Å². The Hall–Kier alpha value is -2.14. The van der Waals surface area contributed by atoms with Crippen LogP contribution in [0, 0.1) is 0 Å². The van der Waals surface area contributed by atoms with Crippen LogP contribution in [0.25, 0.3) is 0 Å². The molecule has 1 aromatic heterocycles. The summed E-state index contributed by atoms with van der Waals surface area (Å²) < 4.78 is 6.52. The summed E-state index contributed by atoms with van der Waals surface area (Å²) in [7, 11) is 1.37. The number of halogens is 1. The zero-order chi connectivity index (χ0) is 17.5. The molecular formula is C18H21ClN2O3. The van der Waals surface area contributed by atoms with Gasteiger partial charge in [-0.15, -0.1) is 0 Å². The number of esters is 1. The van der Waals surface area contributed by atoms with E-state index >= 15 is 0 Å². The van der Waals surface area contributed by atoms with Crippen LogP contribution in [0.15, 0.2) is 24.3 Å². The summed E-state index contributed by atoms with van der Waals surface area (Å²) >= 11 is 6.08. The van der Waals surface area contributed by atoms with Gasteiger partial charge in [0.15, 0.2) is 11.4 Å². The summed E-state index contributed by atoms with van der Waals surface area (Å²) in [6.45, 7) is 2.63. The number of unbranched alkanes of at least 4 members (excludes halogenated alkanes) is 1. The molecule has 0 radical (unpaired) electrons. The highest BCUT2D eigenvalue weighted by atomic mass is 35.5. The lowest BCUT2D eigenvalue weighted by Crippen LogP contribution is -2.09. The van der Waals surface area contributed by atoms with E-state index in [0.717, 1.165) is 42.5 Å². The summed E-state index contributed by atoms with van der Waals surface area (Å²) in [4.78, 5) is 27.0. The number of benzene rings is 1. The Labute approximate surface area is 146 Å². The summed E-state index contributed by atoms with van der Waals surface area (Å²) in [5, 5.41) is 0.249. The lowest BCUT2D eigenvalue weighted by molar-refractivity contribution is -0.139. The van der Waals surface area contributed by atoms with Crippen LogP contribution in [-0.2, 0) is 28.9 Å². The van der Waals surface area contributed by atoms with E-state index in [1.165, 1.54) is 7.11 Å². The molecule has 0 amide bonds. The van der Waals surface area contributed by atoms with Gasteiger partial charge >= 0.3 is 5.97 Å². The van der Waals surface area contributed by atoms with E-state index in [-0.39, 0.29) is 17.5 Å². The van der Waals surface area contributed by atoms with E-state index in [1.54, 1.807) is 0 Å². The fraction of sp³-hybridized carbons (Fsp3) is 0.389. The third kappa shape index (κ3) is 4.45. The Kier molecular flexibility index (Phi) is 6.55. The molecule has 0 spiro atoms. The van der Waals surface area contributed by atoms with Crippen molar-refractivity contribution in [1.82, 2.24) is 9.55 Å². The third-order valence-electron chi connectivity index (χ3n) is 3.85. The van der Waals surface area contributed by atoms with E-state index in [2.05, 4.69) is 16.6 Å². The van der Waals surface area contributed by atoms with Crippen LogP contribution in [-0.4, -0.2) is 28.9 Å². The number of hydrogen-bond acceptors (Lipinski definition) is 4. The minimum absolute atomic E-state index is 0.245. The van der Waals surface area contributed by atoms with Crippen molar-refractivity contribution < 1.29 is 14.3 Å². The van der Waals surface area contributed by atoms with Crippen molar-refractivity contribution in [3.05, 3.63) is 52.1 Å². The summed E-state index contributed by atoms with van der Waals surface area (Å²) in [6, 6.07) is 7.64. The molecule has 0 saturated carbocycles. The number of ether oxygens (including phenoxy) is 1. The molecule has 5 nitrogen and oxygen atoms in total. The molecule has 0 atom stereocenters. The first-order valence-corrected chi connectivity index (χ1v) is 8.31. The van der Waals surface area contributed by atoms with Gasteiger partial charge in [0.2, 0.25) is 0 Å². The van der Waals surface area contributed by atoms with Crippen LogP contribution in [0.4, 0.5) is 0 Å². The quantitative estimate of drug-likeness (QED) is 0.541. The van der Waals surface area contributed by atoms with Gasteiger partial charge in [0.25, 0.3) is 0 Å². The normalized spacial score (nSPS) is 10.6. The van der Waals surface area contributed by atoms with Gasteiger partial charge in [0, 0.05) is 13.0 Å². The molecule has 1 aromatic carbocycles. The Morgan fingerprint density at radius 2 is 1.96 bits per heavy atom. The van der Waals surface area contributed by atoms with Gasteiger partial charge in [-0.1, -0.05) is 49.2 Å². The molecule has 0 saturated heterocycles. The molecular weight excluding hydrogens is 328 g/mol. The third-order valence-corrected chi connectivity index (χ3v) is 4.12. The minimum atomic E-state index is -0.269. The first-order chi connectivity index (χ1) is 11.6. The molecule has 0 aliphatic carbocycles. The van der Waals surface area contributed by atoms with Crippen LogP contribution in [0.5, 0.6) is 0 Å². The van der Waals surface area contributed by atoms with Crippen LogP contribution < -0.4 is 0 Å². The summed E-state index contributed by atoms with van der Waals surface area (Å²) in [6.07, 6.45) is 3.81. The average molecular weight is 349 g/mol. The van der Waals surface area contributed by atoms with Crippen molar-refractivity contribution >= 4 is 23.9 Å². The molecule has 6 heteroatoms. The standard InChI is InChI=1S/C18H21ClN2O3/c1-3-4-5-16-20-18(19)15(12-22)21(16)11-14-8-6-13(7-9-14)10-17(23)24-2/h6-9,12H,3-5,10-11H2,1-2H3. The van der Waals surface area contributed by atoms with Crippen LogP contribution in [0.3, 0.4) is 0 Å². The molecule has 0 fully saturated rings. The van der Waals surface area contributed by atoms with Crippen molar-refractivity contribution in [2.24, 2.45) is 0 Å². The summed E-state index contributed by atoms with van der Waals surface area (Å²) in [5.41, 5.74) is 2.30. The number of methoxy groups -OCH3 is 1. The maximum absolute atomic E-state index is 11.3. The molecule has 0 bridgehead atoms.